The third kappa shape index (κ3) is 3.51. The van der Waals surface area contributed by atoms with Crippen molar-refractivity contribution < 1.29 is 14.0 Å². The molecular formula is C24H23ClFNO2. The van der Waals surface area contributed by atoms with Crippen molar-refractivity contribution in [3.8, 4) is 0 Å². The number of nitrogens with zero attached hydrogens (tertiary/aromatic N) is 1. The molecule has 3 nitrogen and oxygen atoms in total. The number of rotatable bonds is 2. The first-order valence-corrected chi connectivity index (χ1v) is 10.2. The van der Waals surface area contributed by atoms with Gasteiger partial charge in [0.05, 0.1) is 5.69 Å². The summed E-state index contributed by atoms with van der Waals surface area (Å²) in [4.78, 5) is 28.3. The van der Waals surface area contributed by atoms with Gasteiger partial charge in [-0.25, -0.2) is 4.39 Å². The van der Waals surface area contributed by atoms with E-state index in [1.807, 2.05) is 32.9 Å². The van der Waals surface area contributed by atoms with Gasteiger partial charge in [-0.3, -0.25) is 14.5 Å². The second-order valence-electron chi connectivity index (χ2n) is 8.72. The molecule has 0 radical (unpaired) electrons. The van der Waals surface area contributed by atoms with Crippen molar-refractivity contribution in [3.05, 3.63) is 75.7 Å². The Morgan fingerprint density at radius 2 is 1.76 bits per heavy atom. The van der Waals surface area contributed by atoms with Crippen LogP contribution in [0.3, 0.4) is 0 Å². The molecule has 1 heterocycles. The lowest BCUT2D eigenvalue weighted by atomic mass is 9.69. The van der Waals surface area contributed by atoms with Crippen LogP contribution in [0.5, 0.6) is 0 Å². The van der Waals surface area contributed by atoms with E-state index >= 15 is 0 Å². The molecule has 1 aliphatic heterocycles. The lowest BCUT2D eigenvalue weighted by Gasteiger charge is -2.43. The molecule has 5 heteroatoms. The number of amides is 1. The molecule has 1 atom stereocenters. The minimum atomic E-state index is -0.350. The van der Waals surface area contributed by atoms with Crippen LogP contribution in [-0.4, -0.2) is 11.7 Å². The van der Waals surface area contributed by atoms with Gasteiger partial charge in [0.1, 0.15) is 5.82 Å². The van der Waals surface area contributed by atoms with Crippen molar-refractivity contribution in [2.24, 2.45) is 5.41 Å². The highest BCUT2D eigenvalue weighted by Crippen LogP contribution is 2.48. The van der Waals surface area contributed by atoms with E-state index in [1.54, 1.807) is 23.1 Å². The zero-order chi connectivity index (χ0) is 20.9. The van der Waals surface area contributed by atoms with E-state index in [9.17, 15) is 14.0 Å². The van der Waals surface area contributed by atoms with Crippen molar-refractivity contribution >= 4 is 29.0 Å². The highest BCUT2D eigenvalue weighted by Gasteiger charge is 2.44. The van der Waals surface area contributed by atoms with Gasteiger partial charge >= 0.3 is 0 Å². The maximum Gasteiger partial charge on any atom is 0.232 e. The molecule has 0 aromatic heterocycles. The summed E-state index contributed by atoms with van der Waals surface area (Å²) in [6, 6.07) is 11.6. The fourth-order valence-corrected chi connectivity index (χ4v) is 4.68. The molecule has 4 rings (SSSR count). The Morgan fingerprint density at radius 1 is 1.07 bits per heavy atom. The second kappa shape index (κ2) is 7.10. The van der Waals surface area contributed by atoms with Gasteiger partial charge in [-0.2, -0.15) is 0 Å². The first kappa shape index (κ1) is 19.8. The van der Waals surface area contributed by atoms with Crippen LogP contribution in [0.1, 0.15) is 50.2 Å². The van der Waals surface area contributed by atoms with E-state index in [4.69, 9.17) is 11.6 Å². The molecule has 150 valence electrons. The first-order chi connectivity index (χ1) is 13.7. The average molecular weight is 412 g/mol. The molecule has 1 amide bonds. The molecule has 0 spiro atoms. The van der Waals surface area contributed by atoms with Crippen LogP contribution in [0.15, 0.2) is 53.7 Å². The average Bonchev–Trinajstić information content (AvgIpc) is 2.63. The number of hydrogen-bond donors (Lipinski definition) is 0. The minimum Gasteiger partial charge on any atom is -0.294 e. The molecule has 29 heavy (non-hydrogen) atoms. The molecule has 0 fully saturated rings. The Morgan fingerprint density at radius 3 is 2.45 bits per heavy atom. The van der Waals surface area contributed by atoms with Crippen molar-refractivity contribution in [2.45, 2.75) is 46.0 Å². The number of Topliss-reactive ketones (excluding diaryl/α,β-unsaturated/α-hetero) is 1. The number of anilines is 1. The van der Waals surface area contributed by atoms with E-state index in [1.165, 1.54) is 12.1 Å². The summed E-state index contributed by atoms with van der Waals surface area (Å²) in [7, 11) is 0. The Kier molecular flexibility index (Phi) is 4.86. The maximum atomic E-state index is 13.4. The fraction of sp³-hybridized carbons (Fsp3) is 0.333. The summed E-state index contributed by atoms with van der Waals surface area (Å²) in [5.74, 6) is -0.702. The largest absolute Gasteiger partial charge is 0.294 e. The van der Waals surface area contributed by atoms with E-state index in [2.05, 4.69) is 0 Å². The molecule has 1 unspecified atom stereocenters. The number of carbonyl (C=O) groups is 2. The third-order valence-electron chi connectivity index (χ3n) is 5.90. The Balaban J connectivity index is 1.92. The Bertz CT molecular complexity index is 1040. The molecule has 0 saturated carbocycles. The normalized spacial score (nSPS) is 21.4. The summed E-state index contributed by atoms with van der Waals surface area (Å²) >= 11 is 6.32. The van der Waals surface area contributed by atoms with Crippen LogP contribution in [0, 0.1) is 18.2 Å². The number of benzene rings is 2. The molecule has 0 bridgehead atoms. The van der Waals surface area contributed by atoms with Crippen molar-refractivity contribution in [3.63, 3.8) is 0 Å². The molecule has 2 aromatic rings. The summed E-state index contributed by atoms with van der Waals surface area (Å²) in [6.07, 6.45) is 1.21. The van der Waals surface area contributed by atoms with Gasteiger partial charge < -0.3 is 0 Å². The fourth-order valence-electron chi connectivity index (χ4n) is 4.51. The first-order valence-electron chi connectivity index (χ1n) is 9.78. The van der Waals surface area contributed by atoms with E-state index in [0.29, 0.717) is 23.4 Å². The van der Waals surface area contributed by atoms with Gasteiger partial charge in [-0.15, -0.1) is 0 Å². The second-order valence-corrected chi connectivity index (χ2v) is 9.13. The number of allylic oxidation sites excluding steroid dienone is 2. The number of carbonyl (C=O) groups excluding carboxylic acids is 2. The number of halogens is 2. The Hall–Kier alpha value is -2.46. The van der Waals surface area contributed by atoms with Crippen LogP contribution in [0.25, 0.3) is 0 Å². The maximum absolute atomic E-state index is 13.4. The monoisotopic (exact) mass is 411 g/mol. The van der Waals surface area contributed by atoms with E-state index in [0.717, 1.165) is 22.5 Å². The zero-order valence-electron chi connectivity index (χ0n) is 16.8. The van der Waals surface area contributed by atoms with Crippen LogP contribution >= 0.6 is 11.6 Å². The van der Waals surface area contributed by atoms with Gasteiger partial charge in [0.15, 0.2) is 5.78 Å². The summed E-state index contributed by atoms with van der Waals surface area (Å²) < 4.78 is 13.4. The van der Waals surface area contributed by atoms with Crippen molar-refractivity contribution in [2.75, 3.05) is 4.90 Å². The van der Waals surface area contributed by atoms with Gasteiger partial charge in [0, 0.05) is 35.1 Å². The topological polar surface area (TPSA) is 37.4 Å². The predicted molar refractivity (Wildman–Crippen MR) is 112 cm³/mol. The lowest BCUT2D eigenvalue weighted by Crippen LogP contribution is -2.44. The molecule has 2 aliphatic rings. The molecule has 1 aliphatic carbocycles. The third-order valence-corrected chi connectivity index (χ3v) is 6.30. The SMILES string of the molecule is Cc1c(Cl)cccc1N1C(=O)CC(c2ccc(F)cc2)C2=C1CC(C)(C)CC2=O. The highest BCUT2D eigenvalue weighted by molar-refractivity contribution is 6.31. The van der Waals surface area contributed by atoms with Gasteiger partial charge in [0.2, 0.25) is 5.91 Å². The van der Waals surface area contributed by atoms with Crippen LogP contribution < -0.4 is 4.90 Å². The van der Waals surface area contributed by atoms with Gasteiger partial charge in [-0.05, 0) is 54.2 Å². The van der Waals surface area contributed by atoms with Crippen molar-refractivity contribution in [1.29, 1.82) is 0 Å². The lowest BCUT2D eigenvalue weighted by molar-refractivity contribution is -0.121. The smallest absolute Gasteiger partial charge is 0.232 e. The molecule has 0 N–H and O–H groups in total. The molecule has 2 aromatic carbocycles. The van der Waals surface area contributed by atoms with Crippen LogP contribution in [0.4, 0.5) is 10.1 Å². The number of ketones is 1. The zero-order valence-corrected chi connectivity index (χ0v) is 17.5. The number of hydrogen-bond acceptors (Lipinski definition) is 2. The van der Waals surface area contributed by atoms with Gasteiger partial charge in [0.25, 0.3) is 0 Å². The standard InChI is InChI=1S/C24H23ClFNO2/c1-14-18(25)5-4-6-19(14)27-20-12-24(2,3)13-21(28)23(20)17(11-22(27)29)15-7-9-16(26)10-8-15/h4-10,17H,11-13H2,1-3H3. The molecule has 0 saturated heterocycles. The van der Waals surface area contributed by atoms with Crippen LogP contribution in [0.2, 0.25) is 5.02 Å². The van der Waals surface area contributed by atoms with Crippen LogP contribution in [-0.2, 0) is 9.59 Å². The van der Waals surface area contributed by atoms with Gasteiger partial charge in [-0.1, -0.05) is 43.6 Å². The van der Waals surface area contributed by atoms with E-state index < -0.39 is 0 Å². The predicted octanol–water partition coefficient (Wildman–Crippen LogP) is 5.95. The summed E-state index contributed by atoms with van der Waals surface area (Å²) in [6.45, 7) is 5.97. The Labute approximate surface area is 175 Å². The molecular weight excluding hydrogens is 389 g/mol. The highest BCUT2D eigenvalue weighted by atomic mass is 35.5. The summed E-state index contributed by atoms with van der Waals surface area (Å²) in [5.41, 5.74) is 3.51. The van der Waals surface area contributed by atoms with Crippen molar-refractivity contribution in [1.82, 2.24) is 0 Å². The summed E-state index contributed by atoms with van der Waals surface area (Å²) in [5, 5.41) is 0.583. The van der Waals surface area contributed by atoms with E-state index in [-0.39, 0.29) is 35.3 Å². The minimum absolute atomic E-state index is 0.0581. The quantitative estimate of drug-likeness (QED) is 0.612.